The summed E-state index contributed by atoms with van der Waals surface area (Å²) in [6.07, 6.45) is 0. The Kier molecular flexibility index (Phi) is 2.26. The van der Waals surface area contributed by atoms with Crippen molar-refractivity contribution in [3.8, 4) is 0 Å². The molecule has 0 amide bonds. The van der Waals surface area contributed by atoms with Gasteiger partial charge in [0, 0.05) is 13.1 Å². The molecule has 0 bridgehead atoms. The van der Waals surface area contributed by atoms with Crippen LogP contribution in [-0.4, -0.2) is 18.1 Å². The molecule has 1 rings (SSSR count). The van der Waals surface area contributed by atoms with Crippen molar-refractivity contribution < 1.29 is 0 Å². The van der Waals surface area contributed by atoms with Gasteiger partial charge in [-0.25, -0.2) is 5.01 Å². The molecular weight excluding hydrogens is 136 g/mol. The van der Waals surface area contributed by atoms with Gasteiger partial charge < -0.3 is 0 Å². The lowest BCUT2D eigenvalue weighted by molar-refractivity contribution is 0.0165. The van der Waals surface area contributed by atoms with Gasteiger partial charge in [0.25, 0.3) is 0 Å². The van der Waals surface area contributed by atoms with Crippen molar-refractivity contribution in [3.05, 3.63) is 0 Å². The number of nitrogens with two attached hydrogens (primary N) is 1. The van der Waals surface area contributed by atoms with Crippen molar-refractivity contribution in [1.82, 2.24) is 5.01 Å². The molecule has 1 aliphatic rings. The fourth-order valence-corrected chi connectivity index (χ4v) is 1.73. The minimum absolute atomic E-state index is 0.454. The van der Waals surface area contributed by atoms with Gasteiger partial charge in [0.15, 0.2) is 0 Å². The molecular formula is C9H20N2. The van der Waals surface area contributed by atoms with Crippen LogP contribution >= 0.6 is 0 Å². The topological polar surface area (TPSA) is 29.3 Å². The number of hydrazine groups is 1. The van der Waals surface area contributed by atoms with E-state index in [0.29, 0.717) is 17.3 Å². The lowest BCUT2D eigenvalue weighted by atomic mass is 9.68. The number of hydrogen-bond acceptors (Lipinski definition) is 2. The van der Waals surface area contributed by atoms with Crippen LogP contribution < -0.4 is 5.84 Å². The second kappa shape index (κ2) is 2.76. The molecule has 2 nitrogen and oxygen atoms in total. The molecule has 0 aromatic heterocycles. The molecule has 0 aliphatic carbocycles. The van der Waals surface area contributed by atoms with Gasteiger partial charge in [-0.15, -0.1) is 0 Å². The summed E-state index contributed by atoms with van der Waals surface area (Å²) in [5.74, 6) is 7.18. The highest BCUT2D eigenvalue weighted by Crippen LogP contribution is 2.38. The van der Waals surface area contributed by atoms with Crippen LogP contribution in [-0.2, 0) is 0 Å². The van der Waals surface area contributed by atoms with E-state index >= 15 is 0 Å². The smallest absolute Gasteiger partial charge is 0.0159 e. The van der Waals surface area contributed by atoms with Crippen LogP contribution in [0.3, 0.4) is 0 Å². The van der Waals surface area contributed by atoms with Crippen LogP contribution in [0.4, 0.5) is 0 Å². The molecule has 1 saturated heterocycles. The predicted molar refractivity (Wildman–Crippen MR) is 47.9 cm³/mol. The Labute approximate surface area is 69.7 Å². The Hall–Kier alpha value is -0.0800. The van der Waals surface area contributed by atoms with E-state index in [1.54, 1.807) is 0 Å². The first-order valence-electron chi connectivity index (χ1n) is 4.44. The third-order valence-electron chi connectivity index (χ3n) is 3.56. The van der Waals surface area contributed by atoms with Crippen molar-refractivity contribution >= 4 is 0 Å². The van der Waals surface area contributed by atoms with E-state index in [0.717, 1.165) is 13.1 Å². The first-order valence-corrected chi connectivity index (χ1v) is 4.44. The summed E-state index contributed by atoms with van der Waals surface area (Å²) in [4.78, 5) is 0. The van der Waals surface area contributed by atoms with Crippen LogP contribution in [0.5, 0.6) is 0 Å². The third kappa shape index (κ3) is 1.57. The van der Waals surface area contributed by atoms with Gasteiger partial charge in [0.05, 0.1) is 0 Å². The normalized spacial score (nSPS) is 39.0. The van der Waals surface area contributed by atoms with Gasteiger partial charge in [-0.3, -0.25) is 5.84 Å². The number of rotatable bonds is 0. The molecule has 2 N–H and O–H groups in total. The summed E-state index contributed by atoms with van der Waals surface area (Å²) in [5, 5.41) is 1.95. The first-order chi connectivity index (χ1) is 4.94. The van der Waals surface area contributed by atoms with E-state index in [2.05, 4.69) is 27.7 Å². The zero-order chi connectivity index (χ0) is 8.65. The third-order valence-corrected chi connectivity index (χ3v) is 3.56. The molecule has 1 fully saturated rings. The van der Waals surface area contributed by atoms with Gasteiger partial charge in [-0.05, 0) is 17.3 Å². The Morgan fingerprint density at radius 2 is 1.55 bits per heavy atom. The molecule has 2 unspecified atom stereocenters. The monoisotopic (exact) mass is 156 g/mol. The van der Waals surface area contributed by atoms with E-state index in [4.69, 9.17) is 5.84 Å². The largest absolute Gasteiger partial charge is 0.269 e. The van der Waals surface area contributed by atoms with Crippen molar-refractivity contribution in [2.75, 3.05) is 13.1 Å². The second-order valence-corrected chi connectivity index (χ2v) is 4.58. The highest BCUT2D eigenvalue weighted by Gasteiger charge is 2.37. The maximum absolute atomic E-state index is 5.77. The second-order valence-electron chi connectivity index (χ2n) is 4.58. The van der Waals surface area contributed by atoms with Crippen LogP contribution in [0.15, 0.2) is 0 Å². The minimum Gasteiger partial charge on any atom is -0.269 e. The molecule has 0 aromatic rings. The van der Waals surface area contributed by atoms with Crippen molar-refractivity contribution in [2.45, 2.75) is 27.7 Å². The van der Waals surface area contributed by atoms with Gasteiger partial charge in [-0.1, -0.05) is 27.7 Å². The molecule has 1 aliphatic heterocycles. The van der Waals surface area contributed by atoms with Crippen LogP contribution in [0, 0.1) is 17.3 Å². The summed E-state index contributed by atoms with van der Waals surface area (Å²) < 4.78 is 0. The highest BCUT2D eigenvalue weighted by atomic mass is 15.4. The average Bonchev–Trinajstić information content (AvgIpc) is 1.84. The zero-order valence-electron chi connectivity index (χ0n) is 8.09. The summed E-state index contributed by atoms with van der Waals surface area (Å²) in [6, 6.07) is 0. The lowest BCUT2D eigenvalue weighted by Gasteiger charge is -2.45. The van der Waals surface area contributed by atoms with Crippen molar-refractivity contribution in [3.63, 3.8) is 0 Å². The van der Waals surface area contributed by atoms with Crippen LogP contribution in [0.2, 0.25) is 0 Å². The fraction of sp³-hybridized carbons (Fsp3) is 1.00. The quantitative estimate of drug-likeness (QED) is 0.538. The molecule has 2 heteroatoms. The Balaban J connectivity index is 2.67. The van der Waals surface area contributed by atoms with Gasteiger partial charge in [-0.2, -0.15) is 0 Å². The number of nitrogens with zero attached hydrogens (tertiary/aromatic N) is 1. The Bertz CT molecular complexity index is 128. The Morgan fingerprint density at radius 3 is 1.91 bits per heavy atom. The summed E-state index contributed by atoms with van der Waals surface area (Å²) in [6.45, 7) is 11.3. The summed E-state index contributed by atoms with van der Waals surface area (Å²) in [7, 11) is 0. The van der Waals surface area contributed by atoms with Gasteiger partial charge in [0.1, 0.15) is 0 Å². The molecule has 0 saturated carbocycles. The highest BCUT2D eigenvalue weighted by molar-refractivity contribution is 4.87. The van der Waals surface area contributed by atoms with E-state index < -0.39 is 0 Å². The predicted octanol–water partition coefficient (Wildman–Crippen LogP) is 1.47. The molecule has 2 atom stereocenters. The first kappa shape index (κ1) is 9.01. The molecule has 0 radical (unpaired) electrons. The van der Waals surface area contributed by atoms with Crippen LogP contribution in [0.1, 0.15) is 27.7 Å². The maximum Gasteiger partial charge on any atom is 0.0159 e. The molecule has 0 aromatic carbocycles. The Morgan fingerprint density at radius 1 is 1.18 bits per heavy atom. The SMILES string of the molecule is CC1CN(N)CC(C)C1(C)C. The average molecular weight is 156 g/mol. The van der Waals surface area contributed by atoms with Crippen molar-refractivity contribution in [1.29, 1.82) is 0 Å². The molecule has 1 heterocycles. The zero-order valence-corrected chi connectivity index (χ0v) is 8.09. The van der Waals surface area contributed by atoms with Crippen molar-refractivity contribution in [2.24, 2.45) is 23.1 Å². The fourth-order valence-electron chi connectivity index (χ4n) is 1.73. The number of hydrogen-bond donors (Lipinski definition) is 1. The molecule has 66 valence electrons. The molecule has 11 heavy (non-hydrogen) atoms. The standard InChI is InChI=1S/C9H20N2/c1-7-5-11(10)6-8(2)9(7,3)4/h7-8H,5-6,10H2,1-4H3. The minimum atomic E-state index is 0.454. The summed E-state index contributed by atoms with van der Waals surface area (Å²) >= 11 is 0. The van der Waals surface area contributed by atoms with E-state index in [-0.39, 0.29) is 0 Å². The number of piperidine rings is 1. The van der Waals surface area contributed by atoms with E-state index in [1.165, 1.54) is 0 Å². The van der Waals surface area contributed by atoms with Gasteiger partial charge in [0.2, 0.25) is 0 Å². The van der Waals surface area contributed by atoms with Gasteiger partial charge >= 0.3 is 0 Å². The van der Waals surface area contributed by atoms with E-state index in [1.807, 2.05) is 5.01 Å². The summed E-state index contributed by atoms with van der Waals surface area (Å²) in [5.41, 5.74) is 0.454. The lowest BCUT2D eigenvalue weighted by Crippen LogP contribution is -2.51. The molecule has 0 spiro atoms. The van der Waals surface area contributed by atoms with E-state index in [9.17, 15) is 0 Å². The maximum atomic E-state index is 5.77. The van der Waals surface area contributed by atoms with Crippen LogP contribution in [0.25, 0.3) is 0 Å².